The highest BCUT2D eigenvalue weighted by atomic mass is 16.5. The quantitative estimate of drug-likeness (QED) is 0.125. The summed E-state index contributed by atoms with van der Waals surface area (Å²) in [7, 11) is 0. The first-order chi connectivity index (χ1) is 25.4. The lowest BCUT2D eigenvalue weighted by molar-refractivity contribution is -0.150. The summed E-state index contributed by atoms with van der Waals surface area (Å²) in [6.07, 6.45) is 1.82. The van der Waals surface area contributed by atoms with Gasteiger partial charge in [0.2, 0.25) is 5.91 Å². The second-order valence-electron chi connectivity index (χ2n) is 12.5. The maximum absolute atomic E-state index is 11.6. The number of rotatable bonds is 9. The third-order valence-electron chi connectivity index (χ3n) is 9.09. The van der Waals surface area contributed by atoms with Crippen molar-refractivity contribution in [3.63, 3.8) is 0 Å². The van der Waals surface area contributed by atoms with Crippen LogP contribution in [0.15, 0.2) is 97.2 Å². The number of nitrogens with zero attached hydrogens (tertiary/aromatic N) is 4. The van der Waals surface area contributed by atoms with Gasteiger partial charge >= 0.3 is 5.97 Å². The fourth-order valence-corrected chi connectivity index (χ4v) is 6.22. The summed E-state index contributed by atoms with van der Waals surface area (Å²) in [5, 5.41) is 7.60. The van der Waals surface area contributed by atoms with Crippen LogP contribution in [0.2, 0.25) is 0 Å². The third kappa shape index (κ3) is 8.85. The minimum absolute atomic E-state index is 0.280. The summed E-state index contributed by atoms with van der Waals surface area (Å²) in [6, 6.07) is 30.0. The number of ether oxygens (including phenoxy) is 3. The molecule has 2 aromatic heterocycles. The highest BCUT2D eigenvalue weighted by molar-refractivity contribution is 6.04. The van der Waals surface area contributed by atoms with Crippen LogP contribution in [0.5, 0.6) is 0 Å². The van der Waals surface area contributed by atoms with Crippen molar-refractivity contribution >= 4 is 51.2 Å². The Hall–Kier alpha value is -5.52. The van der Waals surface area contributed by atoms with E-state index in [2.05, 4.69) is 68.7 Å². The smallest absolute Gasteiger partial charge is 0.318 e. The monoisotopic (exact) mass is 702 g/mol. The number of para-hydroxylation sites is 2. The zero-order valence-corrected chi connectivity index (χ0v) is 30.0. The number of hydrogen-bond donors (Lipinski definition) is 2. The van der Waals surface area contributed by atoms with E-state index in [0.717, 1.165) is 91.8 Å². The summed E-state index contributed by atoms with van der Waals surface area (Å²) >= 11 is 0. The number of fused-ring (bicyclic) bond motifs is 1. The molecule has 5 aromatic rings. The number of esters is 1. The van der Waals surface area contributed by atoms with Crippen LogP contribution < -0.4 is 20.4 Å². The largest absolute Gasteiger partial charge is 0.465 e. The minimum atomic E-state index is -0.792. The molecule has 2 N–H and O–H groups in total. The molecule has 2 aliphatic heterocycles. The number of aromatic nitrogens is 2. The van der Waals surface area contributed by atoms with Crippen molar-refractivity contribution in [2.45, 2.75) is 20.8 Å². The first kappa shape index (κ1) is 36.3. The van der Waals surface area contributed by atoms with E-state index in [4.69, 9.17) is 19.2 Å². The van der Waals surface area contributed by atoms with Gasteiger partial charge in [0, 0.05) is 54.7 Å². The summed E-state index contributed by atoms with van der Waals surface area (Å²) < 4.78 is 16.0. The van der Waals surface area contributed by atoms with Gasteiger partial charge in [-0.25, -0.2) is 4.98 Å². The minimum Gasteiger partial charge on any atom is -0.465 e. The molecule has 11 heteroatoms. The van der Waals surface area contributed by atoms with Crippen LogP contribution >= 0.6 is 0 Å². The van der Waals surface area contributed by atoms with Crippen LogP contribution in [0.4, 0.5) is 28.4 Å². The van der Waals surface area contributed by atoms with Crippen LogP contribution in [0.3, 0.4) is 0 Å². The average molecular weight is 703 g/mol. The Morgan fingerprint density at radius 3 is 2.21 bits per heavy atom. The van der Waals surface area contributed by atoms with Gasteiger partial charge in [-0.2, -0.15) is 0 Å². The van der Waals surface area contributed by atoms with E-state index in [9.17, 15) is 9.59 Å². The maximum atomic E-state index is 11.6. The molecule has 2 aliphatic rings. The van der Waals surface area contributed by atoms with Crippen molar-refractivity contribution in [2.75, 3.05) is 79.6 Å². The van der Waals surface area contributed by atoms with Crippen LogP contribution in [-0.2, 0) is 23.8 Å². The second-order valence-corrected chi connectivity index (χ2v) is 12.5. The molecule has 2 saturated heterocycles. The highest BCUT2D eigenvalue weighted by Crippen LogP contribution is 2.39. The molecule has 1 unspecified atom stereocenters. The van der Waals surface area contributed by atoms with E-state index in [-0.39, 0.29) is 12.5 Å². The Bertz CT molecular complexity index is 1950. The number of benzene rings is 3. The molecular weight excluding hydrogens is 656 g/mol. The van der Waals surface area contributed by atoms with Crippen molar-refractivity contribution in [3.05, 3.63) is 103 Å². The molecule has 0 bridgehead atoms. The fraction of sp³-hybridized carbons (Fsp3) is 0.317. The molecule has 52 heavy (non-hydrogen) atoms. The molecule has 270 valence electrons. The third-order valence-corrected chi connectivity index (χ3v) is 9.09. The van der Waals surface area contributed by atoms with E-state index in [1.807, 2.05) is 48.7 Å². The van der Waals surface area contributed by atoms with Gasteiger partial charge < -0.3 is 34.6 Å². The SMILES string of the molecule is CCOC(=O)C(C)C(=O)Nc1ccccc1.Cc1c(-c2ccccn2)nc2ccccc2c1Nc1cc(N2CCOCC2)ccc1N1CCOCC1. The van der Waals surface area contributed by atoms with E-state index in [1.54, 1.807) is 19.1 Å². The fourth-order valence-electron chi connectivity index (χ4n) is 6.22. The normalized spacial score (nSPS) is 14.9. The Labute approximate surface area is 304 Å². The first-order valence-electron chi connectivity index (χ1n) is 17.8. The molecule has 2 fully saturated rings. The van der Waals surface area contributed by atoms with Gasteiger partial charge in [0.1, 0.15) is 5.92 Å². The predicted octanol–water partition coefficient (Wildman–Crippen LogP) is 6.85. The molecule has 4 heterocycles. The average Bonchev–Trinajstić information content (AvgIpc) is 3.20. The predicted molar refractivity (Wildman–Crippen MR) is 206 cm³/mol. The summed E-state index contributed by atoms with van der Waals surface area (Å²) in [5.41, 5.74) is 9.02. The molecule has 0 spiro atoms. The van der Waals surface area contributed by atoms with Gasteiger partial charge in [-0.05, 0) is 69.3 Å². The zero-order valence-electron chi connectivity index (χ0n) is 30.0. The number of nitrogens with one attached hydrogen (secondary N) is 2. The van der Waals surface area contributed by atoms with Gasteiger partial charge in [0.05, 0.1) is 67.0 Å². The van der Waals surface area contributed by atoms with Gasteiger partial charge in [-0.15, -0.1) is 0 Å². The molecule has 0 aliphatic carbocycles. The summed E-state index contributed by atoms with van der Waals surface area (Å²) in [6.45, 7) is 12.2. The van der Waals surface area contributed by atoms with Crippen LogP contribution in [0, 0.1) is 12.8 Å². The Morgan fingerprint density at radius 2 is 1.52 bits per heavy atom. The molecule has 0 radical (unpaired) electrons. The van der Waals surface area contributed by atoms with Crippen molar-refractivity contribution in [1.29, 1.82) is 0 Å². The van der Waals surface area contributed by atoms with Gasteiger partial charge in [0.25, 0.3) is 0 Å². The van der Waals surface area contributed by atoms with E-state index < -0.39 is 11.9 Å². The van der Waals surface area contributed by atoms with Crippen molar-refractivity contribution in [3.8, 4) is 11.4 Å². The van der Waals surface area contributed by atoms with Crippen LogP contribution in [-0.4, -0.2) is 81.1 Å². The number of hydrogen-bond acceptors (Lipinski definition) is 10. The Morgan fingerprint density at radius 1 is 0.846 bits per heavy atom. The Balaban J connectivity index is 0.000000245. The first-order valence-corrected chi connectivity index (χ1v) is 17.8. The topological polar surface area (TPSA) is 118 Å². The molecule has 3 aromatic carbocycles. The van der Waals surface area contributed by atoms with Crippen molar-refractivity contribution in [1.82, 2.24) is 9.97 Å². The van der Waals surface area contributed by atoms with Crippen molar-refractivity contribution < 1.29 is 23.8 Å². The molecular formula is C41H46N6O5. The number of anilines is 5. The molecule has 1 amide bonds. The lowest BCUT2D eigenvalue weighted by atomic mass is 10.0. The molecule has 7 rings (SSSR count). The molecule has 0 saturated carbocycles. The second kappa shape index (κ2) is 17.6. The Kier molecular flexibility index (Phi) is 12.3. The standard InChI is InChI=1S/C29H31N5O2.C12H15NO3/c1-21-28(23-6-2-3-7-24(23)31-29(21)25-8-4-5-11-30-25)32-26-20-22(33-12-16-35-17-13-33)9-10-27(26)34-14-18-36-19-15-34;1-3-16-12(15)9(2)11(14)13-10-7-5-4-6-8-10/h2-11,20H,12-19H2,1H3,(H,31,32);4-9H,3H2,1-2H3,(H,13,14). The summed E-state index contributed by atoms with van der Waals surface area (Å²) in [5.74, 6) is -1.65. The van der Waals surface area contributed by atoms with Crippen LogP contribution in [0.25, 0.3) is 22.3 Å². The van der Waals surface area contributed by atoms with Gasteiger partial charge in [0.15, 0.2) is 0 Å². The van der Waals surface area contributed by atoms with Gasteiger partial charge in [-0.1, -0.05) is 42.5 Å². The van der Waals surface area contributed by atoms with Crippen molar-refractivity contribution in [2.24, 2.45) is 5.92 Å². The van der Waals surface area contributed by atoms with E-state index in [1.165, 1.54) is 18.3 Å². The number of carbonyl (C=O) groups is 2. The zero-order chi connectivity index (χ0) is 36.3. The summed E-state index contributed by atoms with van der Waals surface area (Å²) in [4.78, 5) is 37.3. The number of carbonyl (C=O) groups excluding carboxylic acids is 2. The van der Waals surface area contributed by atoms with Gasteiger partial charge in [-0.3, -0.25) is 14.6 Å². The van der Waals surface area contributed by atoms with E-state index >= 15 is 0 Å². The van der Waals surface area contributed by atoms with Crippen LogP contribution in [0.1, 0.15) is 19.4 Å². The highest BCUT2D eigenvalue weighted by Gasteiger charge is 2.23. The van der Waals surface area contributed by atoms with E-state index in [0.29, 0.717) is 5.69 Å². The number of pyridine rings is 2. The number of morpholine rings is 2. The lowest BCUT2D eigenvalue weighted by Crippen LogP contribution is -2.37. The number of amides is 1. The molecule has 1 atom stereocenters. The molecule has 11 nitrogen and oxygen atoms in total. The lowest BCUT2D eigenvalue weighted by Gasteiger charge is -2.33. The maximum Gasteiger partial charge on any atom is 0.318 e.